The van der Waals surface area contributed by atoms with E-state index in [1.165, 1.54) is 12.1 Å². The van der Waals surface area contributed by atoms with Gasteiger partial charge in [0.05, 0.1) is 5.56 Å². The summed E-state index contributed by atoms with van der Waals surface area (Å²) >= 11 is 0. The van der Waals surface area contributed by atoms with Crippen molar-refractivity contribution in [2.75, 3.05) is 16.8 Å². The van der Waals surface area contributed by atoms with Gasteiger partial charge in [0.1, 0.15) is 6.04 Å². The molecule has 0 radical (unpaired) electrons. The fraction of sp³-hybridized carbons (Fsp3) is 0.174. The minimum atomic E-state index is -4.42. The summed E-state index contributed by atoms with van der Waals surface area (Å²) in [5, 5.41) is 3.19. The largest absolute Gasteiger partial charge is 0.416 e. The van der Waals surface area contributed by atoms with Crippen molar-refractivity contribution in [3.05, 3.63) is 95.6 Å². The number of nitrogens with one attached hydrogen (secondary N) is 1. The van der Waals surface area contributed by atoms with E-state index in [0.717, 1.165) is 35.5 Å². The maximum absolute atomic E-state index is 13.4. The molecule has 0 saturated heterocycles. The molecule has 1 heterocycles. The van der Waals surface area contributed by atoms with Crippen LogP contribution >= 0.6 is 0 Å². The highest BCUT2D eigenvalue weighted by Crippen LogP contribution is 2.33. The van der Waals surface area contributed by atoms with Gasteiger partial charge in [-0.25, -0.2) is 0 Å². The van der Waals surface area contributed by atoms with E-state index in [0.29, 0.717) is 12.1 Å². The molecule has 29 heavy (non-hydrogen) atoms. The van der Waals surface area contributed by atoms with Crippen molar-refractivity contribution in [2.24, 2.45) is 0 Å². The van der Waals surface area contributed by atoms with Gasteiger partial charge < -0.3 is 10.2 Å². The Bertz CT molecular complexity index is 1000. The van der Waals surface area contributed by atoms with Crippen molar-refractivity contribution in [3.63, 3.8) is 0 Å². The third-order valence-corrected chi connectivity index (χ3v) is 5.06. The highest BCUT2D eigenvalue weighted by Gasteiger charge is 2.33. The number of carbonyl (C=O) groups is 1. The second kappa shape index (κ2) is 7.62. The normalized spacial score (nSPS) is 14.4. The van der Waals surface area contributed by atoms with Crippen molar-refractivity contribution in [2.45, 2.75) is 18.6 Å². The summed E-state index contributed by atoms with van der Waals surface area (Å²) in [6.07, 6.45) is -3.66. The summed E-state index contributed by atoms with van der Waals surface area (Å²) in [5.74, 6) is -0.196. The molecule has 0 bridgehead atoms. The van der Waals surface area contributed by atoms with Gasteiger partial charge in [0.2, 0.25) is 0 Å². The van der Waals surface area contributed by atoms with Crippen LogP contribution in [0.3, 0.4) is 0 Å². The summed E-state index contributed by atoms with van der Waals surface area (Å²) in [6, 6.07) is 20.8. The van der Waals surface area contributed by atoms with E-state index in [2.05, 4.69) is 5.32 Å². The van der Waals surface area contributed by atoms with Crippen LogP contribution in [-0.2, 0) is 17.4 Å². The van der Waals surface area contributed by atoms with Gasteiger partial charge in [0, 0.05) is 17.9 Å². The van der Waals surface area contributed by atoms with E-state index < -0.39 is 17.8 Å². The Labute approximate surface area is 166 Å². The Kier molecular flexibility index (Phi) is 5.01. The van der Waals surface area contributed by atoms with Gasteiger partial charge in [0.15, 0.2) is 0 Å². The first-order valence-electron chi connectivity index (χ1n) is 9.31. The molecular weight excluding hydrogens is 377 g/mol. The Balaban J connectivity index is 1.68. The molecule has 1 atom stereocenters. The molecule has 1 unspecified atom stereocenters. The molecule has 3 aromatic carbocycles. The lowest BCUT2D eigenvalue weighted by molar-refractivity contribution is -0.137. The highest BCUT2D eigenvalue weighted by molar-refractivity contribution is 6.01. The number of amides is 1. The van der Waals surface area contributed by atoms with Gasteiger partial charge in [-0.3, -0.25) is 4.79 Å². The number of alkyl halides is 3. The Morgan fingerprint density at radius 2 is 1.55 bits per heavy atom. The van der Waals surface area contributed by atoms with Gasteiger partial charge in [-0.05, 0) is 47.9 Å². The molecule has 148 valence electrons. The van der Waals surface area contributed by atoms with Crippen LogP contribution in [0.1, 0.15) is 22.7 Å². The van der Waals surface area contributed by atoms with Crippen LogP contribution in [0.4, 0.5) is 24.5 Å². The van der Waals surface area contributed by atoms with Gasteiger partial charge in [-0.1, -0.05) is 48.5 Å². The van der Waals surface area contributed by atoms with E-state index in [4.69, 9.17) is 0 Å². The predicted octanol–water partition coefficient (Wildman–Crippen LogP) is 5.45. The fourth-order valence-corrected chi connectivity index (χ4v) is 3.58. The molecular formula is C23H19F3N2O. The lowest BCUT2D eigenvalue weighted by Crippen LogP contribution is -2.37. The molecule has 0 aliphatic carbocycles. The zero-order chi connectivity index (χ0) is 20.4. The summed E-state index contributed by atoms with van der Waals surface area (Å²) in [7, 11) is 0. The predicted molar refractivity (Wildman–Crippen MR) is 107 cm³/mol. The number of rotatable bonds is 4. The summed E-state index contributed by atoms with van der Waals surface area (Å²) in [5.41, 5.74) is 2.41. The minimum Gasteiger partial charge on any atom is -0.370 e. The summed E-state index contributed by atoms with van der Waals surface area (Å²) < 4.78 is 38.8. The van der Waals surface area contributed by atoms with Crippen LogP contribution in [0.5, 0.6) is 0 Å². The van der Waals surface area contributed by atoms with Crippen molar-refractivity contribution in [1.29, 1.82) is 0 Å². The molecule has 6 heteroatoms. The van der Waals surface area contributed by atoms with Gasteiger partial charge in [-0.2, -0.15) is 13.2 Å². The first kappa shape index (κ1) is 19.1. The molecule has 0 spiro atoms. The first-order valence-corrected chi connectivity index (χ1v) is 9.31. The van der Waals surface area contributed by atoms with Gasteiger partial charge in [0.25, 0.3) is 5.91 Å². The molecule has 4 rings (SSSR count). The van der Waals surface area contributed by atoms with Crippen LogP contribution in [0, 0.1) is 0 Å². The molecule has 1 N–H and O–H groups in total. The number of fused-ring (bicyclic) bond motifs is 1. The molecule has 1 aliphatic rings. The van der Waals surface area contributed by atoms with Crippen LogP contribution in [-0.4, -0.2) is 12.5 Å². The molecule has 3 nitrogen and oxygen atoms in total. The topological polar surface area (TPSA) is 32.3 Å². The lowest BCUT2D eigenvalue weighted by Gasteiger charge is -2.26. The number of carbonyl (C=O) groups excluding carboxylic acids is 1. The minimum absolute atomic E-state index is 0.196. The second-order valence-electron chi connectivity index (χ2n) is 6.93. The fourth-order valence-electron chi connectivity index (χ4n) is 3.58. The number of anilines is 2. The quantitative estimate of drug-likeness (QED) is 0.636. The molecule has 0 aromatic heterocycles. The second-order valence-corrected chi connectivity index (χ2v) is 6.93. The Morgan fingerprint density at radius 3 is 2.24 bits per heavy atom. The average Bonchev–Trinajstić information content (AvgIpc) is 3.16. The Morgan fingerprint density at radius 1 is 0.897 bits per heavy atom. The number of para-hydroxylation sites is 2. The number of hydrogen-bond donors (Lipinski definition) is 1. The maximum Gasteiger partial charge on any atom is 0.416 e. The molecule has 0 fully saturated rings. The zero-order valence-corrected chi connectivity index (χ0v) is 15.5. The number of nitrogens with zero attached hydrogens (tertiary/aromatic N) is 1. The SMILES string of the molecule is O=C(C(Nc1ccccc1)c1ccc(C(F)(F)F)cc1)N1CCc2ccccc21. The van der Waals surface area contributed by atoms with Crippen LogP contribution in [0.25, 0.3) is 0 Å². The van der Waals surface area contributed by atoms with Crippen molar-refractivity contribution in [1.82, 2.24) is 0 Å². The van der Waals surface area contributed by atoms with E-state index in [1.807, 2.05) is 54.6 Å². The summed E-state index contributed by atoms with van der Waals surface area (Å²) in [4.78, 5) is 15.1. The van der Waals surface area contributed by atoms with Crippen molar-refractivity contribution >= 4 is 17.3 Å². The molecule has 3 aromatic rings. The lowest BCUT2D eigenvalue weighted by atomic mass is 10.0. The zero-order valence-electron chi connectivity index (χ0n) is 15.5. The van der Waals surface area contributed by atoms with Crippen LogP contribution in [0.2, 0.25) is 0 Å². The van der Waals surface area contributed by atoms with Crippen LogP contribution in [0.15, 0.2) is 78.9 Å². The number of benzene rings is 3. The number of hydrogen-bond acceptors (Lipinski definition) is 2. The summed E-state index contributed by atoms with van der Waals surface area (Å²) in [6.45, 7) is 0.547. The number of halogens is 3. The van der Waals surface area contributed by atoms with Gasteiger partial charge in [-0.15, -0.1) is 0 Å². The standard InChI is InChI=1S/C23H19F3N2O/c24-23(25,26)18-12-10-17(11-13-18)21(27-19-7-2-1-3-8-19)22(29)28-15-14-16-6-4-5-9-20(16)28/h1-13,21,27H,14-15H2. The third kappa shape index (κ3) is 3.97. The Hall–Kier alpha value is -3.28. The van der Waals surface area contributed by atoms with E-state index in [-0.39, 0.29) is 5.91 Å². The molecule has 1 aliphatic heterocycles. The van der Waals surface area contributed by atoms with Crippen LogP contribution < -0.4 is 10.2 Å². The van der Waals surface area contributed by atoms with E-state index in [9.17, 15) is 18.0 Å². The van der Waals surface area contributed by atoms with Crippen molar-refractivity contribution in [3.8, 4) is 0 Å². The average molecular weight is 396 g/mol. The smallest absolute Gasteiger partial charge is 0.370 e. The molecule has 1 amide bonds. The third-order valence-electron chi connectivity index (χ3n) is 5.06. The van der Waals surface area contributed by atoms with E-state index >= 15 is 0 Å². The van der Waals surface area contributed by atoms with Crippen molar-refractivity contribution < 1.29 is 18.0 Å². The monoisotopic (exact) mass is 396 g/mol. The highest BCUT2D eigenvalue weighted by atomic mass is 19.4. The van der Waals surface area contributed by atoms with E-state index in [1.54, 1.807) is 4.90 Å². The first-order chi connectivity index (χ1) is 13.9. The maximum atomic E-state index is 13.4. The molecule has 0 saturated carbocycles. The van der Waals surface area contributed by atoms with Gasteiger partial charge >= 0.3 is 6.18 Å².